The van der Waals surface area contributed by atoms with E-state index >= 15 is 0 Å². The summed E-state index contributed by atoms with van der Waals surface area (Å²) in [5, 5.41) is 2.67. The smallest absolute Gasteiger partial charge is 0.408 e. The van der Waals surface area contributed by atoms with Gasteiger partial charge in [0.1, 0.15) is 17.2 Å². The van der Waals surface area contributed by atoms with Crippen molar-refractivity contribution in [1.82, 2.24) is 14.8 Å². The molecule has 1 saturated heterocycles. The van der Waals surface area contributed by atoms with Crippen LogP contribution in [0.2, 0.25) is 0 Å². The van der Waals surface area contributed by atoms with E-state index in [-0.39, 0.29) is 36.1 Å². The highest BCUT2D eigenvalue weighted by Gasteiger charge is 2.38. The molecule has 0 aliphatic carbocycles. The number of hydrogen-bond donors (Lipinski definition) is 1. The predicted molar refractivity (Wildman–Crippen MR) is 126 cm³/mol. The minimum atomic E-state index is -0.917. The molecule has 0 spiro atoms. The molecule has 2 aliphatic heterocycles. The van der Waals surface area contributed by atoms with Gasteiger partial charge in [0.25, 0.3) is 5.56 Å². The standard InChI is InChI=1S/C25H37N3O6/c1-24(2,3)33-21(30)11-10-18(26-23(32)34-25(4,5)6)22(31)27-13-16-12-17(15-27)19-8-7-9-20(29)28(19)14-16/h7-9,16-18H,10-15H2,1-6H3,(H,26,32)/t16-,17+,18-/m0/s1. The maximum atomic E-state index is 13.5. The summed E-state index contributed by atoms with van der Waals surface area (Å²) in [5.74, 6) is -0.474. The minimum Gasteiger partial charge on any atom is -0.460 e. The van der Waals surface area contributed by atoms with Crippen LogP contribution in [-0.2, 0) is 25.6 Å². The molecule has 3 rings (SSSR count). The molecule has 0 radical (unpaired) electrons. The highest BCUT2D eigenvalue weighted by molar-refractivity contribution is 5.86. The van der Waals surface area contributed by atoms with E-state index in [2.05, 4.69) is 5.32 Å². The largest absolute Gasteiger partial charge is 0.460 e. The zero-order valence-electron chi connectivity index (χ0n) is 21.1. The Hall–Kier alpha value is -2.84. The zero-order chi connectivity index (χ0) is 25.3. The fourth-order valence-corrected chi connectivity index (χ4v) is 4.66. The van der Waals surface area contributed by atoms with Crippen molar-refractivity contribution in [3.8, 4) is 0 Å². The Morgan fingerprint density at radius 1 is 1.03 bits per heavy atom. The van der Waals surface area contributed by atoms with Crippen LogP contribution in [0.5, 0.6) is 0 Å². The fraction of sp³-hybridized carbons (Fsp3) is 0.680. The second-order valence-electron chi connectivity index (χ2n) is 11.3. The molecule has 3 atom stereocenters. The number of aromatic nitrogens is 1. The zero-order valence-corrected chi connectivity index (χ0v) is 21.1. The van der Waals surface area contributed by atoms with Crippen molar-refractivity contribution < 1.29 is 23.9 Å². The van der Waals surface area contributed by atoms with E-state index in [1.54, 1.807) is 63.1 Å². The summed E-state index contributed by atoms with van der Waals surface area (Å²) in [5.41, 5.74) is -0.437. The van der Waals surface area contributed by atoms with Gasteiger partial charge in [-0.2, -0.15) is 0 Å². The first-order valence-corrected chi connectivity index (χ1v) is 11.9. The molecule has 2 bridgehead atoms. The Labute approximate surface area is 200 Å². The Morgan fingerprint density at radius 2 is 1.71 bits per heavy atom. The van der Waals surface area contributed by atoms with Crippen molar-refractivity contribution in [2.75, 3.05) is 13.1 Å². The monoisotopic (exact) mass is 475 g/mol. The second kappa shape index (κ2) is 9.80. The van der Waals surface area contributed by atoms with Crippen molar-refractivity contribution in [3.63, 3.8) is 0 Å². The first kappa shape index (κ1) is 25.8. The molecule has 34 heavy (non-hydrogen) atoms. The number of amides is 2. The highest BCUT2D eigenvalue weighted by Crippen LogP contribution is 2.35. The summed E-state index contributed by atoms with van der Waals surface area (Å²) in [6.45, 7) is 12.1. The fourth-order valence-electron chi connectivity index (χ4n) is 4.66. The number of likely N-dealkylation sites (tertiary alicyclic amines) is 1. The van der Waals surface area contributed by atoms with Crippen LogP contribution < -0.4 is 10.9 Å². The van der Waals surface area contributed by atoms with Crippen molar-refractivity contribution >= 4 is 18.0 Å². The number of ether oxygens (including phenoxy) is 2. The molecule has 2 amide bonds. The van der Waals surface area contributed by atoms with Gasteiger partial charge in [0, 0.05) is 43.7 Å². The maximum absolute atomic E-state index is 13.5. The van der Waals surface area contributed by atoms with E-state index in [1.165, 1.54) is 0 Å². The predicted octanol–water partition coefficient (Wildman–Crippen LogP) is 2.81. The summed E-state index contributed by atoms with van der Waals surface area (Å²) in [4.78, 5) is 52.3. The lowest BCUT2D eigenvalue weighted by Crippen LogP contribution is -2.55. The van der Waals surface area contributed by atoms with E-state index in [0.29, 0.717) is 19.6 Å². The van der Waals surface area contributed by atoms with Gasteiger partial charge >= 0.3 is 12.1 Å². The van der Waals surface area contributed by atoms with Crippen LogP contribution in [0.4, 0.5) is 4.79 Å². The van der Waals surface area contributed by atoms with Crippen LogP contribution in [0.3, 0.4) is 0 Å². The van der Waals surface area contributed by atoms with Gasteiger partial charge in [-0.05, 0) is 66.4 Å². The summed E-state index contributed by atoms with van der Waals surface area (Å²) in [7, 11) is 0. The Kier molecular flexibility index (Phi) is 7.43. The molecule has 9 nitrogen and oxygen atoms in total. The van der Waals surface area contributed by atoms with Crippen LogP contribution in [0.1, 0.15) is 72.4 Å². The Balaban J connectivity index is 1.74. The number of rotatable bonds is 5. The van der Waals surface area contributed by atoms with Gasteiger partial charge in [-0.3, -0.25) is 14.4 Å². The number of fused-ring (bicyclic) bond motifs is 4. The molecule has 188 valence electrons. The molecule has 0 aromatic carbocycles. The van der Waals surface area contributed by atoms with E-state index in [1.807, 2.05) is 6.07 Å². The number of carbonyl (C=O) groups is 3. The number of alkyl carbamates (subject to hydrolysis) is 1. The third kappa shape index (κ3) is 6.84. The van der Waals surface area contributed by atoms with Crippen molar-refractivity contribution in [3.05, 3.63) is 34.2 Å². The van der Waals surface area contributed by atoms with Gasteiger partial charge < -0.3 is 24.3 Å². The lowest BCUT2D eigenvalue weighted by atomic mass is 9.83. The Morgan fingerprint density at radius 3 is 2.35 bits per heavy atom. The Bertz CT molecular complexity index is 988. The summed E-state index contributed by atoms with van der Waals surface area (Å²) in [6.07, 6.45) is 0.302. The minimum absolute atomic E-state index is 0.0115. The average Bonchev–Trinajstić information content (AvgIpc) is 2.68. The number of piperidine rings is 1. The van der Waals surface area contributed by atoms with Gasteiger partial charge in [0.15, 0.2) is 0 Å². The van der Waals surface area contributed by atoms with E-state index < -0.39 is 29.3 Å². The molecule has 1 aromatic rings. The first-order valence-electron chi connectivity index (χ1n) is 11.9. The molecular formula is C25H37N3O6. The quantitative estimate of drug-likeness (QED) is 0.657. The van der Waals surface area contributed by atoms with Gasteiger partial charge in [-0.1, -0.05) is 6.07 Å². The molecule has 1 aromatic heterocycles. The van der Waals surface area contributed by atoms with Crippen LogP contribution >= 0.6 is 0 Å². The van der Waals surface area contributed by atoms with Crippen LogP contribution in [0, 0.1) is 5.92 Å². The number of nitrogens with one attached hydrogen (secondary N) is 1. The number of esters is 1. The van der Waals surface area contributed by atoms with Crippen LogP contribution in [0.15, 0.2) is 23.0 Å². The molecule has 0 unspecified atom stereocenters. The second-order valence-corrected chi connectivity index (χ2v) is 11.3. The topological polar surface area (TPSA) is 107 Å². The summed E-state index contributed by atoms with van der Waals surface area (Å²) >= 11 is 0. The van der Waals surface area contributed by atoms with E-state index in [0.717, 1.165) is 12.1 Å². The van der Waals surface area contributed by atoms with Crippen molar-refractivity contribution in [2.24, 2.45) is 5.92 Å². The summed E-state index contributed by atoms with van der Waals surface area (Å²) in [6, 6.07) is 4.34. The maximum Gasteiger partial charge on any atom is 0.408 e. The van der Waals surface area contributed by atoms with Gasteiger partial charge in [0.05, 0.1) is 0 Å². The lowest BCUT2D eigenvalue weighted by Gasteiger charge is -2.43. The third-order valence-corrected chi connectivity index (χ3v) is 5.84. The molecule has 2 aliphatic rings. The van der Waals surface area contributed by atoms with Gasteiger partial charge in [-0.15, -0.1) is 0 Å². The number of carbonyl (C=O) groups excluding carboxylic acids is 3. The average molecular weight is 476 g/mol. The van der Waals surface area contributed by atoms with Crippen molar-refractivity contribution in [1.29, 1.82) is 0 Å². The highest BCUT2D eigenvalue weighted by atomic mass is 16.6. The van der Waals surface area contributed by atoms with Crippen molar-refractivity contribution in [2.45, 2.75) is 90.5 Å². The number of hydrogen-bond acceptors (Lipinski definition) is 6. The molecule has 1 N–H and O–H groups in total. The lowest BCUT2D eigenvalue weighted by molar-refractivity contribution is -0.155. The molecule has 1 fully saturated rings. The van der Waals surface area contributed by atoms with Crippen LogP contribution in [-0.4, -0.2) is 57.8 Å². The van der Waals surface area contributed by atoms with E-state index in [4.69, 9.17) is 9.47 Å². The third-order valence-electron chi connectivity index (χ3n) is 5.84. The van der Waals surface area contributed by atoms with E-state index in [9.17, 15) is 19.2 Å². The molecule has 0 saturated carbocycles. The first-order chi connectivity index (χ1) is 15.7. The van der Waals surface area contributed by atoms with Gasteiger partial charge in [-0.25, -0.2) is 4.79 Å². The molecule has 9 heteroatoms. The molecule has 3 heterocycles. The number of pyridine rings is 1. The SMILES string of the molecule is CC(C)(C)OC(=O)CC[C@H](NC(=O)OC(C)(C)C)C(=O)N1C[C@@H]2C[C@H](C1)c1cccc(=O)n1C2. The molecular weight excluding hydrogens is 438 g/mol. The summed E-state index contributed by atoms with van der Waals surface area (Å²) < 4.78 is 12.5. The normalized spacial score (nSPS) is 20.7. The van der Waals surface area contributed by atoms with Crippen LogP contribution in [0.25, 0.3) is 0 Å². The number of nitrogens with zero attached hydrogens (tertiary/aromatic N) is 2. The van der Waals surface area contributed by atoms with Gasteiger partial charge in [0.2, 0.25) is 5.91 Å².